The molecule has 1 saturated carbocycles. The first-order valence-corrected chi connectivity index (χ1v) is 8.83. The summed E-state index contributed by atoms with van der Waals surface area (Å²) in [6.45, 7) is 0.0863. The molecule has 1 aliphatic rings. The zero-order valence-electron chi connectivity index (χ0n) is 13.9. The van der Waals surface area contributed by atoms with Crippen LogP contribution in [0.1, 0.15) is 33.6 Å². The van der Waals surface area contributed by atoms with Crippen LogP contribution in [0.5, 0.6) is 0 Å². The summed E-state index contributed by atoms with van der Waals surface area (Å²) in [7, 11) is -1.61. The molecule has 0 aromatic heterocycles. The molecule has 0 spiro atoms. The Labute approximate surface area is 152 Å². The van der Waals surface area contributed by atoms with Crippen molar-refractivity contribution in [2.24, 2.45) is 11.7 Å². The highest BCUT2D eigenvalue weighted by molar-refractivity contribution is 7.89. The molecule has 3 N–H and O–H groups in total. The molecule has 2 rings (SSSR count). The highest BCUT2D eigenvalue weighted by Gasteiger charge is 2.29. The third-order valence-electron chi connectivity index (χ3n) is 3.80. The molecule has 1 aliphatic carbocycles. The summed E-state index contributed by atoms with van der Waals surface area (Å²) in [5.41, 5.74) is 5.76. The van der Waals surface area contributed by atoms with Crippen LogP contribution >= 0.6 is 12.4 Å². The van der Waals surface area contributed by atoms with Gasteiger partial charge in [-0.15, -0.1) is 12.4 Å². The van der Waals surface area contributed by atoms with Crippen molar-refractivity contribution >= 4 is 34.4 Å². The Morgan fingerprint density at radius 2 is 1.64 bits per heavy atom. The molecule has 25 heavy (non-hydrogen) atoms. The van der Waals surface area contributed by atoms with Crippen LogP contribution in [0.4, 0.5) is 0 Å². The van der Waals surface area contributed by atoms with Gasteiger partial charge in [0.2, 0.25) is 10.0 Å². The van der Waals surface area contributed by atoms with E-state index in [4.69, 9.17) is 5.73 Å². The van der Waals surface area contributed by atoms with E-state index >= 15 is 0 Å². The van der Waals surface area contributed by atoms with Crippen LogP contribution in [0.15, 0.2) is 23.1 Å². The molecule has 8 nitrogen and oxygen atoms in total. The Morgan fingerprint density at radius 3 is 2.04 bits per heavy atom. The predicted molar refractivity (Wildman–Crippen MR) is 92.3 cm³/mol. The van der Waals surface area contributed by atoms with Gasteiger partial charge in [0.15, 0.2) is 0 Å². The van der Waals surface area contributed by atoms with E-state index in [0.717, 1.165) is 39.2 Å². The van der Waals surface area contributed by atoms with Crippen molar-refractivity contribution in [1.82, 2.24) is 4.72 Å². The van der Waals surface area contributed by atoms with Crippen LogP contribution in [0, 0.1) is 5.92 Å². The second kappa shape index (κ2) is 8.61. The molecule has 1 aromatic rings. The molecule has 0 radical (unpaired) electrons. The van der Waals surface area contributed by atoms with Crippen molar-refractivity contribution < 1.29 is 27.5 Å². The number of nitrogens with two attached hydrogens (primary N) is 1. The monoisotopic (exact) mass is 392 g/mol. The first-order chi connectivity index (χ1) is 11.3. The van der Waals surface area contributed by atoms with Gasteiger partial charge >= 0.3 is 11.9 Å². The predicted octanol–water partition coefficient (Wildman–Crippen LogP) is 0.697. The van der Waals surface area contributed by atoms with Gasteiger partial charge in [-0.3, -0.25) is 0 Å². The molecule has 10 heteroatoms. The SMILES string of the molecule is COC(=O)c1cc(C(=O)OC)cc(S(=O)(=O)NCC(N)C2CC2)c1.Cl. The van der Waals surface area contributed by atoms with Gasteiger partial charge in [0.1, 0.15) is 0 Å². The van der Waals surface area contributed by atoms with Crippen LogP contribution in [0.25, 0.3) is 0 Å². The molecule has 0 saturated heterocycles. The molecule has 0 bridgehead atoms. The van der Waals surface area contributed by atoms with E-state index in [0.29, 0.717) is 5.92 Å². The van der Waals surface area contributed by atoms with Gasteiger partial charge in [-0.25, -0.2) is 22.7 Å². The average Bonchev–Trinajstić information content (AvgIpc) is 3.42. The van der Waals surface area contributed by atoms with Crippen LogP contribution in [0.2, 0.25) is 0 Å². The molecule has 1 fully saturated rings. The molecule has 0 heterocycles. The number of hydrogen-bond acceptors (Lipinski definition) is 7. The molecule has 0 amide bonds. The zero-order chi connectivity index (χ0) is 17.9. The maximum atomic E-state index is 12.4. The Bertz CT molecular complexity index is 714. The van der Waals surface area contributed by atoms with Gasteiger partial charge in [0.05, 0.1) is 30.2 Å². The molecule has 1 unspecified atom stereocenters. The number of rotatable bonds is 7. The average molecular weight is 393 g/mol. The summed E-state index contributed by atoms with van der Waals surface area (Å²) < 4.78 is 36.4. The van der Waals surface area contributed by atoms with Crippen molar-refractivity contribution in [2.75, 3.05) is 20.8 Å². The summed E-state index contributed by atoms with van der Waals surface area (Å²) in [4.78, 5) is 23.2. The lowest BCUT2D eigenvalue weighted by Crippen LogP contribution is -2.38. The zero-order valence-corrected chi connectivity index (χ0v) is 15.5. The Kier molecular flexibility index (Phi) is 7.36. The van der Waals surface area contributed by atoms with Crippen molar-refractivity contribution in [1.29, 1.82) is 0 Å². The minimum Gasteiger partial charge on any atom is -0.465 e. The van der Waals surface area contributed by atoms with Crippen LogP contribution in [0.3, 0.4) is 0 Å². The van der Waals surface area contributed by atoms with E-state index < -0.39 is 22.0 Å². The number of methoxy groups -OCH3 is 2. The lowest BCUT2D eigenvalue weighted by atomic mass is 10.1. The van der Waals surface area contributed by atoms with Gasteiger partial charge in [-0.1, -0.05) is 0 Å². The van der Waals surface area contributed by atoms with Crippen molar-refractivity contribution in [3.05, 3.63) is 29.3 Å². The third kappa shape index (κ3) is 5.40. The van der Waals surface area contributed by atoms with E-state index in [1.807, 2.05) is 0 Å². The first kappa shape index (κ1) is 21.4. The highest BCUT2D eigenvalue weighted by atomic mass is 35.5. The van der Waals surface area contributed by atoms with Gasteiger partial charge in [0, 0.05) is 12.6 Å². The van der Waals surface area contributed by atoms with Gasteiger partial charge < -0.3 is 15.2 Å². The number of hydrogen-bond donors (Lipinski definition) is 2. The number of benzene rings is 1. The minimum atomic E-state index is -3.94. The first-order valence-electron chi connectivity index (χ1n) is 7.35. The highest BCUT2D eigenvalue weighted by Crippen LogP contribution is 2.31. The van der Waals surface area contributed by atoms with Crippen molar-refractivity contribution in [2.45, 2.75) is 23.8 Å². The third-order valence-corrected chi connectivity index (χ3v) is 5.20. The normalized spacial score (nSPS) is 15.0. The van der Waals surface area contributed by atoms with Crippen molar-refractivity contribution in [3.63, 3.8) is 0 Å². The van der Waals surface area contributed by atoms with E-state index in [2.05, 4.69) is 14.2 Å². The second-order valence-corrected chi connectivity index (χ2v) is 7.35. The van der Waals surface area contributed by atoms with E-state index in [9.17, 15) is 18.0 Å². The number of carbonyl (C=O) groups excluding carboxylic acids is 2. The standard InChI is InChI=1S/C15H20N2O6S.ClH/c1-22-14(18)10-5-11(15(19)23-2)7-12(6-10)24(20,21)17-8-13(16)9-3-4-9;/h5-7,9,13,17H,3-4,8,16H2,1-2H3;1H. The Morgan fingerprint density at radius 1 is 1.16 bits per heavy atom. The van der Waals surface area contributed by atoms with Crippen LogP contribution in [-0.4, -0.2) is 47.2 Å². The number of esters is 2. The summed E-state index contributed by atoms with van der Waals surface area (Å²) in [6, 6.07) is 3.24. The quantitative estimate of drug-likeness (QED) is 0.654. The molecule has 1 atom stereocenters. The Hall–Kier alpha value is -1.68. The summed E-state index contributed by atoms with van der Waals surface area (Å²) in [5, 5.41) is 0. The fourth-order valence-electron chi connectivity index (χ4n) is 2.21. The lowest BCUT2D eigenvalue weighted by Gasteiger charge is -2.13. The second-order valence-electron chi connectivity index (χ2n) is 5.58. The molecule has 0 aliphatic heterocycles. The van der Waals surface area contributed by atoms with Crippen LogP contribution < -0.4 is 10.5 Å². The van der Waals surface area contributed by atoms with Gasteiger partial charge in [0.25, 0.3) is 0 Å². The topological polar surface area (TPSA) is 125 Å². The summed E-state index contributed by atoms with van der Waals surface area (Å²) >= 11 is 0. The number of halogens is 1. The van der Waals surface area contributed by atoms with Gasteiger partial charge in [-0.05, 0) is 37.0 Å². The number of sulfonamides is 1. The molecule has 140 valence electrons. The fourth-order valence-corrected chi connectivity index (χ4v) is 3.35. The summed E-state index contributed by atoms with van der Waals surface area (Å²) in [5.74, 6) is -1.18. The molecular weight excluding hydrogens is 372 g/mol. The largest absolute Gasteiger partial charge is 0.465 e. The van der Waals surface area contributed by atoms with Crippen molar-refractivity contribution in [3.8, 4) is 0 Å². The fraction of sp³-hybridized carbons (Fsp3) is 0.467. The molecular formula is C15H21ClN2O6S. The van der Waals surface area contributed by atoms with E-state index in [1.54, 1.807) is 0 Å². The minimum absolute atomic E-state index is 0. The Balaban J connectivity index is 0.00000312. The number of carbonyl (C=O) groups is 2. The number of nitrogens with one attached hydrogen (secondary N) is 1. The summed E-state index contributed by atoms with van der Waals surface area (Å²) in [6.07, 6.45) is 1.99. The maximum absolute atomic E-state index is 12.4. The maximum Gasteiger partial charge on any atom is 0.337 e. The van der Waals surface area contributed by atoms with Crippen LogP contribution in [-0.2, 0) is 19.5 Å². The van der Waals surface area contributed by atoms with E-state index in [-0.39, 0.29) is 41.0 Å². The smallest absolute Gasteiger partial charge is 0.337 e. The lowest BCUT2D eigenvalue weighted by molar-refractivity contribution is 0.0598. The van der Waals surface area contributed by atoms with E-state index in [1.165, 1.54) is 6.07 Å². The van der Waals surface area contributed by atoms with Gasteiger partial charge in [-0.2, -0.15) is 0 Å². The number of ether oxygens (including phenoxy) is 2. The molecule has 1 aromatic carbocycles.